The fourth-order valence-corrected chi connectivity index (χ4v) is 4.90. The number of hydrogen-bond acceptors (Lipinski definition) is 6. The van der Waals surface area contributed by atoms with Crippen molar-refractivity contribution >= 4 is 23.1 Å². The van der Waals surface area contributed by atoms with Crippen LogP contribution in [0.1, 0.15) is 40.5 Å². The summed E-state index contributed by atoms with van der Waals surface area (Å²) in [5, 5.41) is 1.35. The number of hydrogen-bond donors (Lipinski definition) is 1. The molecule has 0 radical (unpaired) electrons. The highest BCUT2D eigenvalue weighted by molar-refractivity contribution is 7.11. The van der Waals surface area contributed by atoms with Crippen LogP contribution >= 0.6 is 11.3 Å². The van der Waals surface area contributed by atoms with Crippen molar-refractivity contribution in [3.8, 4) is 0 Å². The Morgan fingerprint density at radius 1 is 1.22 bits per heavy atom. The van der Waals surface area contributed by atoms with Crippen LogP contribution in [0.3, 0.4) is 0 Å². The van der Waals surface area contributed by atoms with Gasteiger partial charge in [-0.05, 0) is 44.9 Å². The summed E-state index contributed by atoms with van der Waals surface area (Å²) in [4.78, 5) is 17.6. The zero-order valence-corrected chi connectivity index (χ0v) is 14.4. The van der Waals surface area contributed by atoms with E-state index >= 15 is 0 Å². The van der Waals surface area contributed by atoms with Gasteiger partial charge in [0.15, 0.2) is 0 Å². The van der Waals surface area contributed by atoms with E-state index in [-0.39, 0.29) is 0 Å². The van der Waals surface area contributed by atoms with Gasteiger partial charge in [0.05, 0.1) is 10.7 Å². The zero-order valence-electron chi connectivity index (χ0n) is 13.6. The molecule has 2 aliphatic rings. The normalized spacial score (nSPS) is 18.4. The highest BCUT2D eigenvalue weighted by atomic mass is 32.1. The number of nitrogen functional groups attached to an aromatic ring is 1. The van der Waals surface area contributed by atoms with Crippen LogP contribution < -0.4 is 10.6 Å². The summed E-state index contributed by atoms with van der Waals surface area (Å²) in [5.74, 6) is 2.08. The molecule has 5 nitrogen and oxygen atoms in total. The third kappa shape index (κ3) is 3.17. The van der Waals surface area contributed by atoms with Gasteiger partial charge < -0.3 is 10.6 Å². The third-order valence-electron chi connectivity index (χ3n) is 4.86. The van der Waals surface area contributed by atoms with Gasteiger partial charge in [0.1, 0.15) is 5.82 Å². The largest absolute Gasteiger partial charge is 0.384 e. The predicted octanol–water partition coefficient (Wildman–Crippen LogP) is 2.77. The van der Waals surface area contributed by atoms with Gasteiger partial charge >= 0.3 is 0 Å². The van der Waals surface area contributed by atoms with E-state index in [2.05, 4.69) is 14.9 Å². The van der Waals surface area contributed by atoms with Crippen LogP contribution in [0.15, 0.2) is 6.07 Å². The van der Waals surface area contributed by atoms with E-state index in [0.717, 1.165) is 37.1 Å². The van der Waals surface area contributed by atoms with E-state index < -0.39 is 0 Å². The molecule has 0 aromatic carbocycles. The molecule has 2 N–H and O–H groups in total. The Bertz CT molecular complexity index is 661. The number of piperidine rings is 1. The summed E-state index contributed by atoms with van der Waals surface area (Å²) in [5.41, 5.74) is 8.16. The molecule has 1 aliphatic heterocycles. The van der Waals surface area contributed by atoms with E-state index in [9.17, 15) is 0 Å². The molecule has 6 heteroatoms. The molecule has 2 aromatic heterocycles. The first-order valence-electron chi connectivity index (χ1n) is 8.51. The van der Waals surface area contributed by atoms with Crippen LogP contribution in [-0.4, -0.2) is 28.0 Å². The maximum Gasteiger partial charge on any atom is 0.227 e. The van der Waals surface area contributed by atoms with Crippen molar-refractivity contribution in [1.29, 1.82) is 0 Å². The van der Waals surface area contributed by atoms with Gasteiger partial charge in [0, 0.05) is 36.1 Å². The fraction of sp³-hybridized carbons (Fsp3) is 0.588. The number of aryl methyl sites for hydroxylation is 3. The first kappa shape index (κ1) is 14.9. The fourth-order valence-electron chi connectivity index (χ4n) is 3.63. The number of nitrogens with zero attached hydrogens (tertiary/aromatic N) is 4. The summed E-state index contributed by atoms with van der Waals surface area (Å²) in [7, 11) is 0. The Kier molecular flexibility index (Phi) is 3.93. The maximum absolute atomic E-state index is 5.85. The minimum atomic E-state index is 0.562. The van der Waals surface area contributed by atoms with Gasteiger partial charge in [-0.2, -0.15) is 4.98 Å². The van der Waals surface area contributed by atoms with Crippen molar-refractivity contribution in [2.75, 3.05) is 23.7 Å². The smallest absolute Gasteiger partial charge is 0.227 e. The number of fused-ring (bicyclic) bond motifs is 1. The van der Waals surface area contributed by atoms with Crippen LogP contribution in [0, 0.1) is 12.8 Å². The Labute approximate surface area is 141 Å². The lowest BCUT2D eigenvalue weighted by Gasteiger charge is -2.31. The number of anilines is 2. The van der Waals surface area contributed by atoms with Crippen LogP contribution in [0.2, 0.25) is 0 Å². The van der Waals surface area contributed by atoms with E-state index in [1.54, 1.807) is 4.88 Å². The van der Waals surface area contributed by atoms with E-state index in [1.165, 1.54) is 42.8 Å². The molecule has 0 bridgehead atoms. The third-order valence-corrected chi connectivity index (χ3v) is 6.04. The molecule has 1 saturated heterocycles. The van der Waals surface area contributed by atoms with E-state index in [0.29, 0.717) is 5.82 Å². The highest BCUT2D eigenvalue weighted by Crippen LogP contribution is 2.31. The van der Waals surface area contributed by atoms with Gasteiger partial charge in [-0.1, -0.05) is 0 Å². The van der Waals surface area contributed by atoms with Crippen LogP contribution in [0.4, 0.5) is 11.8 Å². The molecule has 0 unspecified atom stereocenters. The number of aromatic nitrogens is 3. The van der Waals surface area contributed by atoms with Crippen LogP contribution in [-0.2, 0) is 19.3 Å². The van der Waals surface area contributed by atoms with Gasteiger partial charge in [-0.25, -0.2) is 9.97 Å². The number of nitrogens with two attached hydrogens (primary N) is 1. The van der Waals surface area contributed by atoms with Crippen molar-refractivity contribution in [3.63, 3.8) is 0 Å². The molecule has 4 rings (SSSR count). The Morgan fingerprint density at radius 3 is 2.78 bits per heavy atom. The maximum atomic E-state index is 5.85. The monoisotopic (exact) mass is 329 g/mol. The average molecular weight is 329 g/mol. The lowest BCUT2D eigenvalue weighted by atomic mass is 9.94. The molecule has 0 amide bonds. The lowest BCUT2D eigenvalue weighted by molar-refractivity contribution is 0.400. The average Bonchev–Trinajstić information content (AvgIpc) is 3.08. The van der Waals surface area contributed by atoms with E-state index in [1.807, 2.05) is 24.3 Å². The predicted molar refractivity (Wildman–Crippen MR) is 94.0 cm³/mol. The number of thiazole rings is 1. The van der Waals surface area contributed by atoms with Gasteiger partial charge in [-0.15, -0.1) is 11.3 Å². The van der Waals surface area contributed by atoms with Gasteiger partial charge in [0.25, 0.3) is 0 Å². The Morgan fingerprint density at radius 2 is 2.04 bits per heavy atom. The van der Waals surface area contributed by atoms with Crippen LogP contribution in [0.5, 0.6) is 0 Å². The molecular weight excluding hydrogens is 306 g/mol. The SMILES string of the molecule is Cc1cc(N)nc(N2CCC(Cc3nc4c(s3)CCC4)CC2)n1. The first-order chi connectivity index (χ1) is 11.2. The quantitative estimate of drug-likeness (QED) is 0.938. The van der Waals surface area contributed by atoms with Crippen LogP contribution in [0.25, 0.3) is 0 Å². The summed E-state index contributed by atoms with van der Waals surface area (Å²) in [6.07, 6.45) is 7.24. The molecular formula is C17H23N5S. The van der Waals surface area contributed by atoms with Crippen molar-refractivity contribution < 1.29 is 0 Å². The first-order valence-corrected chi connectivity index (χ1v) is 9.32. The summed E-state index contributed by atoms with van der Waals surface area (Å²) in [6, 6.07) is 1.82. The second-order valence-electron chi connectivity index (χ2n) is 6.70. The zero-order chi connectivity index (χ0) is 15.8. The Hall–Kier alpha value is -1.69. The number of rotatable bonds is 3. The molecule has 1 fully saturated rings. The molecule has 0 saturated carbocycles. The summed E-state index contributed by atoms with van der Waals surface area (Å²) < 4.78 is 0. The topological polar surface area (TPSA) is 67.9 Å². The van der Waals surface area contributed by atoms with Crippen molar-refractivity contribution in [2.24, 2.45) is 5.92 Å². The minimum absolute atomic E-state index is 0.562. The Balaban J connectivity index is 1.36. The standard InChI is InChI=1S/C17H23N5S/c1-11-9-15(18)21-17(19-11)22-7-5-12(6-8-22)10-16-20-13-3-2-4-14(13)23-16/h9,12H,2-8,10H2,1H3,(H2,18,19,21). The molecule has 1 aliphatic carbocycles. The molecule has 2 aromatic rings. The summed E-state index contributed by atoms with van der Waals surface area (Å²) in [6.45, 7) is 3.99. The van der Waals surface area contributed by atoms with Gasteiger partial charge in [0.2, 0.25) is 5.95 Å². The van der Waals surface area contributed by atoms with E-state index in [4.69, 9.17) is 10.7 Å². The van der Waals surface area contributed by atoms with Crippen molar-refractivity contribution in [3.05, 3.63) is 27.3 Å². The molecule has 122 valence electrons. The second kappa shape index (κ2) is 6.07. The lowest BCUT2D eigenvalue weighted by Crippen LogP contribution is -2.35. The summed E-state index contributed by atoms with van der Waals surface area (Å²) >= 11 is 1.95. The molecule has 0 atom stereocenters. The molecule has 23 heavy (non-hydrogen) atoms. The molecule has 0 spiro atoms. The van der Waals surface area contributed by atoms with Gasteiger partial charge in [-0.3, -0.25) is 0 Å². The van der Waals surface area contributed by atoms with Crippen molar-refractivity contribution in [1.82, 2.24) is 15.0 Å². The highest BCUT2D eigenvalue weighted by Gasteiger charge is 2.24. The minimum Gasteiger partial charge on any atom is -0.384 e. The molecule has 3 heterocycles. The second-order valence-corrected chi connectivity index (χ2v) is 7.87. The van der Waals surface area contributed by atoms with Crippen molar-refractivity contribution in [2.45, 2.75) is 45.4 Å².